The molecular formula is C13H18N2O3. The van der Waals surface area contributed by atoms with E-state index in [1.54, 1.807) is 11.1 Å². The highest BCUT2D eigenvalue weighted by Gasteiger charge is 2.27. The zero-order valence-corrected chi connectivity index (χ0v) is 10.9. The highest BCUT2D eigenvalue weighted by molar-refractivity contribution is 5.69. The van der Waals surface area contributed by atoms with Gasteiger partial charge in [0.15, 0.2) is 0 Å². The van der Waals surface area contributed by atoms with Crippen molar-refractivity contribution in [3.05, 3.63) is 29.1 Å². The van der Waals surface area contributed by atoms with Crippen LogP contribution in [0.4, 0.5) is 4.79 Å². The number of amides is 1. The van der Waals surface area contributed by atoms with Crippen molar-refractivity contribution in [2.45, 2.75) is 46.1 Å². The van der Waals surface area contributed by atoms with E-state index in [0.29, 0.717) is 18.8 Å². The van der Waals surface area contributed by atoms with Crippen LogP contribution in [0.15, 0.2) is 12.3 Å². The minimum atomic E-state index is -0.486. The summed E-state index contributed by atoms with van der Waals surface area (Å²) in [6.07, 6.45) is 1.40. The fourth-order valence-corrected chi connectivity index (χ4v) is 1.87. The van der Waals surface area contributed by atoms with E-state index in [1.807, 2.05) is 26.8 Å². The summed E-state index contributed by atoms with van der Waals surface area (Å²) in [5.74, 6) is 0. The number of aliphatic hydroxyl groups is 1. The van der Waals surface area contributed by atoms with Crippen molar-refractivity contribution in [1.82, 2.24) is 9.88 Å². The molecule has 1 aromatic heterocycles. The average Bonchev–Trinajstić information content (AvgIpc) is 2.69. The third-order valence-electron chi connectivity index (χ3n) is 2.68. The molecule has 98 valence electrons. The first-order valence-corrected chi connectivity index (χ1v) is 5.94. The van der Waals surface area contributed by atoms with Crippen molar-refractivity contribution in [2.24, 2.45) is 0 Å². The quantitative estimate of drug-likeness (QED) is 0.826. The van der Waals surface area contributed by atoms with Gasteiger partial charge < -0.3 is 9.84 Å². The van der Waals surface area contributed by atoms with Gasteiger partial charge in [0, 0.05) is 12.7 Å². The van der Waals surface area contributed by atoms with Crippen molar-refractivity contribution in [3.63, 3.8) is 0 Å². The highest BCUT2D eigenvalue weighted by Crippen LogP contribution is 2.24. The van der Waals surface area contributed by atoms with E-state index in [0.717, 1.165) is 11.1 Å². The van der Waals surface area contributed by atoms with Crippen molar-refractivity contribution in [1.29, 1.82) is 0 Å². The molecule has 1 N–H and O–H groups in total. The van der Waals surface area contributed by atoms with E-state index < -0.39 is 5.60 Å². The molecule has 1 amide bonds. The molecule has 0 atom stereocenters. The molecule has 0 aliphatic carbocycles. The van der Waals surface area contributed by atoms with Crippen LogP contribution < -0.4 is 0 Å². The standard InChI is InChI=1S/C13H18N2O3/c1-13(2,3)18-12(17)15-6-9-4-11(8-16)14-5-10(9)7-15/h4-5,16H,6-8H2,1-3H3. The molecule has 0 aromatic carbocycles. The van der Waals surface area contributed by atoms with Crippen LogP contribution >= 0.6 is 0 Å². The second-order valence-corrected chi connectivity index (χ2v) is 5.44. The van der Waals surface area contributed by atoms with Crippen LogP contribution in [0.2, 0.25) is 0 Å². The minimum Gasteiger partial charge on any atom is -0.444 e. The summed E-state index contributed by atoms with van der Waals surface area (Å²) in [5.41, 5.74) is 2.18. The van der Waals surface area contributed by atoms with Crippen LogP contribution in [0, 0.1) is 0 Å². The van der Waals surface area contributed by atoms with Gasteiger partial charge in [0.25, 0.3) is 0 Å². The number of ether oxygens (including phenoxy) is 1. The summed E-state index contributed by atoms with van der Waals surface area (Å²) < 4.78 is 5.33. The van der Waals surface area contributed by atoms with Gasteiger partial charge in [-0.2, -0.15) is 0 Å². The molecular weight excluding hydrogens is 232 g/mol. The molecule has 2 heterocycles. The van der Waals surface area contributed by atoms with Crippen molar-refractivity contribution in [3.8, 4) is 0 Å². The molecule has 0 saturated heterocycles. The summed E-state index contributed by atoms with van der Waals surface area (Å²) in [7, 11) is 0. The summed E-state index contributed by atoms with van der Waals surface area (Å²) in [4.78, 5) is 17.7. The number of aromatic nitrogens is 1. The first-order valence-electron chi connectivity index (χ1n) is 5.94. The largest absolute Gasteiger partial charge is 0.444 e. The molecule has 0 unspecified atom stereocenters. The Morgan fingerprint density at radius 1 is 1.44 bits per heavy atom. The van der Waals surface area contributed by atoms with Gasteiger partial charge in [-0.3, -0.25) is 9.88 Å². The Labute approximate surface area is 106 Å². The molecule has 0 bridgehead atoms. The van der Waals surface area contributed by atoms with Crippen LogP contribution in [0.25, 0.3) is 0 Å². The molecule has 0 fully saturated rings. The molecule has 0 radical (unpaired) electrons. The first kappa shape index (κ1) is 12.8. The second-order valence-electron chi connectivity index (χ2n) is 5.44. The van der Waals surface area contributed by atoms with Gasteiger partial charge in [-0.25, -0.2) is 4.79 Å². The number of hydrogen-bond acceptors (Lipinski definition) is 4. The predicted octanol–water partition coefficient (Wildman–Crippen LogP) is 1.82. The second kappa shape index (κ2) is 4.57. The maximum atomic E-state index is 11.9. The molecule has 18 heavy (non-hydrogen) atoms. The lowest BCUT2D eigenvalue weighted by molar-refractivity contribution is 0.0242. The number of nitrogens with zero attached hydrogens (tertiary/aromatic N) is 2. The Morgan fingerprint density at radius 2 is 2.11 bits per heavy atom. The minimum absolute atomic E-state index is 0.0836. The maximum Gasteiger partial charge on any atom is 0.410 e. The average molecular weight is 250 g/mol. The molecule has 5 nitrogen and oxygen atoms in total. The predicted molar refractivity (Wildman–Crippen MR) is 65.6 cm³/mol. The Bertz CT molecular complexity index is 466. The van der Waals surface area contributed by atoms with E-state index in [2.05, 4.69) is 4.98 Å². The SMILES string of the molecule is CC(C)(C)OC(=O)N1Cc2cnc(CO)cc2C1. The topological polar surface area (TPSA) is 62.7 Å². The molecule has 1 aliphatic heterocycles. The van der Waals surface area contributed by atoms with E-state index in [9.17, 15) is 4.79 Å². The Morgan fingerprint density at radius 3 is 2.72 bits per heavy atom. The van der Waals surface area contributed by atoms with Crippen LogP contribution in [0.5, 0.6) is 0 Å². The highest BCUT2D eigenvalue weighted by atomic mass is 16.6. The smallest absolute Gasteiger partial charge is 0.410 e. The molecule has 2 rings (SSSR count). The third kappa shape index (κ3) is 2.79. The van der Waals surface area contributed by atoms with Crippen molar-refractivity contribution in [2.75, 3.05) is 0 Å². The van der Waals surface area contributed by atoms with E-state index >= 15 is 0 Å². The van der Waals surface area contributed by atoms with Gasteiger partial charge in [-0.15, -0.1) is 0 Å². The summed E-state index contributed by atoms with van der Waals surface area (Å²) >= 11 is 0. The van der Waals surface area contributed by atoms with E-state index in [1.165, 1.54) is 0 Å². The number of hydrogen-bond donors (Lipinski definition) is 1. The lowest BCUT2D eigenvalue weighted by Crippen LogP contribution is -2.33. The molecule has 1 aromatic rings. The Hall–Kier alpha value is -1.62. The number of fused-ring (bicyclic) bond motifs is 1. The lowest BCUT2D eigenvalue weighted by Gasteiger charge is -2.24. The number of pyridine rings is 1. The molecule has 0 spiro atoms. The first-order chi connectivity index (χ1) is 8.39. The van der Waals surface area contributed by atoms with Crippen LogP contribution in [0.1, 0.15) is 37.6 Å². The van der Waals surface area contributed by atoms with Crippen LogP contribution in [0.3, 0.4) is 0 Å². The fraction of sp³-hybridized carbons (Fsp3) is 0.538. The molecule has 0 saturated carbocycles. The van der Waals surface area contributed by atoms with Crippen LogP contribution in [-0.4, -0.2) is 26.7 Å². The van der Waals surface area contributed by atoms with Gasteiger partial charge in [-0.1, -0.05) is 0 Å². The normalized spacial score (nSPS) is 14.6. The van der Waals surface area contributed by atoms with E-state index in [4.69, 9.17) is 9.84 Å². The van der Waals surface area contributed by atoms with Gasteiger partial charge >= 0.3 is 6.09 Å². The monoisotopic (exact) mass is 250 g/mol. The number of carbonyl (C=O) groups excluding carboxylic acids is 1. The van der Waals surface area contributed by atoms with Gasteiger partial charge in [0.2, 0.25) is 0 Å². The van der Waals surface area contributed by atoms with Gasteiger partial charge in [0.1, 0.15) is 5.60 Å². The Kier molecular flexibility index (Phi) is 3.26. The summed E-state index contributed by atoms with van der Waals surface area (Å²) in [6, 6.07) is 1.83. The number of rotatable bonds is 1. The van der Waals surface area contributed by atoms with E-state index in [-0.39, 0.29) is 12.7 Å². The summed E-state index contributed by atoms with van der Waals surface area (Å²) in [6.45, 7) is 6.49. The van der Waals surface area contributed by atoms with Crippen LogP contribution in [-0.2, 0) is 24.4 Å². The molecule has 5 heteroatoms. The fourth-order valence-electron chi connectivity index (χ4n) is 1.87. The van der Waals surface area contributed by atoms with Crippen molar-refractivity contribution >= 4 is 6.09 Å². The third-order valence-corrected chi connectivity index (χ3v) is 2.68. The van der Waals surface area contributed by atoms with Gasteiger partial charge in [-0.05, 0) is 38.0 Å². The lowest BCUT2D eigenvalue weighted by atomic mass is 10.1. The van der Waals surface area contributed by atoms with Gasteiger partial charge in [0.05, 0.1) is 18.8 Å². The van der Waals surface area contributed by atoms with Crippen molar-refractivity contribution < 1.29 is 14.6 Å². The number of carbonyl (C=O) groups is 1. The molecule has 1 aliphatic rings. The Balaban J connectivity index is 2.08. The number of aliphatic hydroxyl groups excluding tert-OH is 1. The summed E-state index contributed by atoms with van der Waals surface area (Å²) in [5, 5.41) is 9.03. The zero-order valence-electron chi connectivity index (χ0n) is 10.9. The maximum absolute atomic E-state index is 11.9. The zero-order chi connectivity index (χ0) is 13.3.